The lowest BCUT2D eigenvalue weighted by Gasteiger charge is -2.38. The van der Waals surface area contributed by atoms with Gasteiger partial charge in [-0.15, -0.1) is 0 Å². The Morgan fingerprint density at radius 3 is 2.12 bits per heavy atom. The Labute approximate surface area is 189 Å². The van der Waals surface area contributed by atoms with Gasteiger partial charge in [-0.1, -0.05) is 18.2 Å². The third kappa shape index (κ3) is 8.97. The maximum atomic E-state index is 13.2. The summed E-state index contributed by atoms with van der Waals surface area (Å²) in [4.78, 5) is 21.6. The summed E-state index contributed by atoms with van der Waals surface area (Å²) in [5.41, 5.74) is -0.300. The Morgan fingerprint density at radius 2 is 1.67 bits per heavy atom. The fourth-order valence-corrected chi connectivity index (χ4v) is 3.43. The van der Waals surface area contributed by atoms with Crippen LogP contribution >= 0.6 is 0 Å². The fraction of sp³-hybridized carbons (Fsp3) is 0.571. The van der Waals surface area contributed by atoms with Gasteiger partial charge < -0.3 is 25.7 Å². The summed E-state index contributed by atoms with van der Waals surface area (Å²) in [7, 11) is 0. The molecule has 0 bridgehead atoms. The Hall–Kier alpha value is -2.72. The minimum absolute atomic E-state index is 0.0654. The quantitative estimate of drug-likeness (QED) is 0.376. The number of aliphatic hydroxyl groups is 2. The summed E-state index contributed by atoms with van der Waals surface area (Å²) in [6, 6.07) is 8.01. The lowest BCUT2D eigenvalue weighted by molar-refractivity contribution is -0.165. The molecule has 5 N–H and O–H groups in total. The zero-order chi connectivity index (χ0) is 25.2. The van der Waals surface area contributed by atoms with Crippen molar-refractivity contribution < 1.29 is 43.2 Å². The fourth-order valence-electron chi connectivity index (χ4n) is 3.43. The Bertz CT molecular complexity index is 806. The SMILES string of the molecule is CC(CC#N)N(Cc1ccccc1C(F)(F)F)C1CCNCC1.O=C(O)C(O)C(O)C(=O)O. The number of aliphatic hydroxyl groups excluding tert-OH is 2. The maximum Gasteiger partial charge on any atom is 0.416 e. The third-order valence-electron chi connectivity index (χ3n) is 5.21. The van der Waals surface area contributed by atoms with Crippen molar-refractivity contribution >= 4 is 11.9 Å². The Balaban J connectivity index is 0.000000461. The summed E-state index contributed by atoms with van der Waals surface area (Å²) < 4.78 is 39.6. The summed E-state index contributed by atoms with van der Waals surface area (Å²) in [6.45, 7) is 3.87. The van der Waals surface area contributed by atoms with E-state index >= 15 is 0 Å². The highest BCUT2D eigenvalue weighted by Gasteiger charge is 2.34. The molecule has 33 heavy (non-hydrogen) atoms. The molecule has 1 aliphatic heterocycles. The van der Waals surface area contributed by atoms with E-state index in [1.165, 1.54) is 12.1 Å². The number of benzene rings is 1. The minimum atomic E-state index is -4.35. The van der Waals surface area contributed by atoms with Gasteiger partial charge in [0.2, 0.25) is 0 Å². The number of hydrogen-bond donors (Lipinski definition) is 5. The molecule has 0 spiro atoms. The number of alkyl halides is 3. The van der Waals surface area contributed by atoms with Crippen LogP contribution in [0.1, 0.15) is 37.3 Å². The molecule has 0 radical (unpaired) electrons. The number of aliphatic carboxylic acids is 2. The second-order valence-electron chi connectivity index (χ2n) is 7.59. The van der Waals surface area contributed by atoms with E-state index in [2.05, 4.69) is 16.3 Å². The van der Waals surface area contributed by atoms with Crippen molar-refractivity contribution in [3.63, 3.8) is 0 Å². The zero-order valence-electron chi connectivity index (χ0n) is 18.0. The molecule has 1 aromatic rings. The van der Waals surface area contributed by atoms with Crippen LogP contribution in [0.4, 0.5) is 13.2 Å². The topological polar surface area (TPSA) is 154 Å². The largest absolute Gasteiger partial charge is 0.479 e. The van der Waals surface area contributed by atoms with Crippen LogP contribution in [0.2, 0.25) is 0 Å². The highest BCUT2D eigenvalue weighted by Crippen LogP contribution is 2.33. The third-order valence-corrected chi connectivity index (χ3v) is 5.21. The number of rotatable bonds is 8. The Morgan fingerprint density at radius 1 is 1.15 bits per heavy atom. The van der Waals surface area contributed by atoms with Crippen molar-refractivity contribution in [3.05, 3.63) is 35.4 Å². The molecule has 184 valence electrons. The molecule has 1 heterocycles. The lowest BCUT2D eigenvalue weighted by Crippen LogP contribution is -2.46. The number of nitrogens with one attached hydrogen (secondary N) is 1. The van der Waals surface area contributed by atoms with Gasteiger partial charge in [-0.2, -0.15) is 18.4 Å². The van der Waals surface area contributed by atoms with Gasteiger partial charge in [0.1, 0.15) is 0 Å². The molecule has 1 saturated heterocycles. The molecule has 1 aliphatic rings. The number of carboxylic acids is 2. The molecule has 2 rings (SSSR count). The maximum absolute atomic E-state index is 13.2. The lowest BCUT2D eigenvalue weighted by atomic mass is 9.99. The van der Waals surface area contributed by atoms with Gasteiger partial charge in [0.05, 0.1) is 18.1 Å². The van der Waals surface area contributed by atoms with Crippen LogP contribution in [0, 0.1) is 11.3 Å². The molecular formula is C21H28F3N3O6. The first-order chi connectivity index (χ1) is 15.4. The molecular weight excluding hydrogens is 447 g/mol. The van der Waals surface area contributed by atoms with Gasteiger partial charge in [-0.3, -0.25) is 4.90 Å². The van der Waals surface area contributed by atoms with E-state index in [-0.39, 0.29) is 24.2 Å². The van der Waals surface area contributed by atoms with Crippen LogP contribution in [0.5, 0.6) is 0 Å². The average molecular weight is 475 g/mol. The molecule has 0 saturated carbocycles. The average Bonchev–Trinajstić information content (AvgIpc) is 2.77. The smallest absolute Gasteiger partial charge is 0.416 e. The monoisotopic (exact) mass is 475 g/mol. The van der Waals surface area contributed by atoms with E-state index in [1.807, 2.05) is 6.92 Å². The summed E-state index contributed by atoms with van der Waals surface area (Å²) in [5.74, 6) is -3.54. The highest BCUT2D eigenvalue weighted by molar-refractivity contribution is 5.83. The predicted molar refractivity (Wildman–Crippen MR) is 110 cm³/mol. The number of carbonyl (C=O) groups is 2. The van der Waals surface area contributed by atoms with Crippen molar-refractivity contribution in [2.45, 2.75) is 63.2 Å². The zero-order valence-corrected chi connectivity index (χ0v) is 18.0. The normalized spacial score (nSPS) is 17.3. The van der Waals surface area contributed by atoms with Gasteiger partial charge in [-0.25, -0.2) is 9.59 Å². The summed E-state index contributed by atoms with van der Waals surface area (Å²) in [6.07, 6.45) is -6.78. The van der Waals surface area contributed by atoms with Crippen molar-refractivity contribution in [2.24, 2.45) is 0 Å². The van der Waals surface area contributed by atoms with Crippen molar-refractivity contribution in [3.8, 4) is 6.07 Å². The molecule has 0 aliphatic carbocycles. The van der Waals surface area contributed by atoms with Gasteiger partial charge in [0.25, 0.3) is 0 Å². The van der Waals surface area contributed by atoms with Crippen molar-refractivity contribution in [1.29, 1.82) is 5.26 Å². The second-order valence-corrected chi connectivity index (χ2v) is 7.59. The predicted octanol–water partition coefficient (Wildman–Crippen LogP) is 1.44. The molecule has 3 unspecified atom stereocenters. The van der Waals surface area contributed by atoms with E-state index < -0.39 is 35.9 Å². The van der Waals surface area contributed by atoms with Crippen LogP contribution in [-0.4, -0.2) is 74.6 Å². The molecule has 0 amide bonds. The molecule has 1 aromatic carbocycles. The first-order valence-corrected chi connectivity index (χ1v) is 10.2. The number of carboxylic acid groups (broad SMARTS) is 2. The van der Waals surface area contributed by atoms with E-state index in [9.17, 15) is 22.8 Å². The second kappa shape index (κ2) is 13.1. The van der Waals surface area contributed by atoms with E-state index in [1.54, 1.807) is 6.07 Å². The molecule has 0 aromatic heterocycles. The standard InChI is InChI=1S/C17H22F3N3.C4H6O6/c1-13(6-9-21)23(15-7-10-22-11-8-15)12-14-4-2-3-5-16(14)17(18,19)20;5-1(3(7)8)2(6)4(9)10/h2-5,13,15,22H,6-8,10-12H2,1H3;1-2,5-6H,(H,7,8)(H,9,10). The summed E-state index contributed by atoms with van der Waals surface area (Å²) >= 11 is 0. The number of piperidine rings is 1. The van der Waals surface area contributed by atoms with Crippen LogP contribution in [0.15, 0.2) is 24.3 Å². The van der Waals surface area contributed by atoms with Crippen molar-refractivity contribution in [1.82, 2.24) is 10.2 Å². The van der Waals surface area contributed by atoms with Crippen LogP contribution < -0.4 is 5.32 Å². The van der Waals surface area contributed by atoms with E-state index in [4.69, 9.17) is 25.7 Å². The number of hydrogen-bond acceptors (Lipinski definition) is 7. The first-order valence-electron chi connectivity index (χ1n) is 10.2. The van der Waals surface area contributed by atoms with E-state index in [0.29, 0.717) is 6.42 Å². The number of halogens is 3. The number of nitriles is 1. The first kappa shape index (κ1) is 28.3. The molecule has 3 atom stereocenters. The molecule has 9 nitrogen and oxygen atoms in total. The van der Waals surface area contributed by atoms with Crippen LogP contribution in [-0.2, 0) is 22.3 Å². The van der Waals surface area contributed by atoms with Gasteiger partial charge in [-0.05, 0) is 44.5 Å². The molecule has 1 fully saturated rings. The Kier molecular flexibility index (Phi) is 11.2. The van der Waals surface area contributed by atoms with Crippen molar-refractivity contribution in [2.75, 3.05) is 13.1 Å². The highest BCUT2D eigenvalue weighted by atomic mass is 19.4. The van der Waals surface area contributed by atoms with Crippen LogP contribution in [0.3, 0.4) is 0 Å². The van der Waals surface area contributed by atoms with Gasteiger partial charge in [0.15, 0.2) is 12.2 Å². The summed E-state index contributed by atoms with van der Waals surface area (Å²) in [5, 5.41) is 44.8. The molecule has 12 heteroatoms. The number of nitrogens with zero attached hydrogens (tertiary/aromatic N) is 2. The minimum Gasteiger partial charge on any atom is -0.479 e. The van der Waals surface area contributed by atoms with Gasteiger partial charge in [0, 0.05) is 18.6 Å². The van der Waals surface area contributed by atoms with Gasteiger partial charge >= 0.3 is 18.1 Å². The van der Waals surface area contributed by atoms with Crippen LogP contribution in [0.25, 0.3) is 0 Å². The van der Waals surface area contributed by atoms with E-state index in [0.717, 1.165) is 32.0 Å².